The normalized spacial score (nSPS) is 11.2. The van der Waals surface area contributed by atoms with Crippen LogP contribution in [-0.4, -0.2) is 24.3 Å². The highest BCUT2D eigenvalue weighted by atomic mass is 32.2. The molecule has 1 aromatic carbocycles. The van der Waals surface area contributed by atoms with E-state index in [4.69, 9.17) is 0 Å². The lowest BCUT2D eigenvalue weighted by molar-refractivity contribution is -0.114. The molecule has 3 aromatic rings. The van der Waals surface area contributed by atoms with E-state index in [1.54, 1.807) is 37.4 Å². The van der Waals surface area contributed by atoms with E-state index in [1.165, 1.54) is 36.6 Å². The van der Waals surface area contributed by atoms with Crippen molar-refractivity contribution < 1.29 is 13.2 Å². The molecular weight excluding hydrogens is 372 g/mol. The molecule has 2 N–H and O–H groups in total. The topological polar surface area (TPSA) is 101 Å². The van der Waals surface area contributed by atoms with Gasteiger partial charge in [-0.05, 0) is 25.1 Å². The van der Waals surface area contributed by atoms with E-state index in [1.807, 2.05) is 0 Å². The predicted octanol–water partition coefficient (Wildman–Crippen LogP) is 3.27. The fourth-order valence-corrected chi connectivity index (χ4v) is 4.43. The highest BCUT2D eigenvalue weighted by molar-refractivity contribution is 7.92. The Hall–Kier alpha value is -2.78. The number of rotatable bonds is 5. The van der Waals surface area contributed by atoms with Gasteiger partial charge in [-0.1, -0.05) is 29.5 Å². The van der Waals surface area contributed by atoms with Crippen LogP contribution in [0.2, 0.25) is 0 Å². The zero-order valence-corrected chi connectivity index (χ0v) is 15.7. The minimum atomic E-state index is -3.74. The molecule has 0 radical (unpaired) electrons. The van der Waals surface area contributed by atoms with Gasteiger partial charge in [-0.3, -0.25) is 14.5 Å². The van der Waals surface area contributed by atoms with Gasteiger partial charge in [0, 0.05) is 30.6 Å². The Kier molecular flexibility index (Phi) is 5.01. The minimum absolute atomic E-state index is 0.170. The summed E-state index contributed by atoms with van der Waals surface area (Å²) in [6.45, 7) is 3.18. The molecule has 0 saturated heterocycles. The van der Waals surface area contributed by atoms with Crippen LogP contribution in [0.3, 0.4) is 0 Å². The first-order chi connectivity index (χ1) is 12.4. The van der Waals surface area contributed by atoms with Crippen LogP contribution in [0.15, 0.2) is 53.7 Å². The van der Waals surface area contributed by atoms with Crippen molar-refractivity contribution in [3.63, 3.8) is 0 Å². The first-order valence-electron chi connectivity index (χ1n) is 7.64. The van der Waals surface area contributed by atoms with Gasteiger partial charge in [-0.15, -0.1) is 0 Å². The lowest BCUT2D eigenvalue weighted by atomic mass is 10.1. The lowest BCUT2D eigenvalue weighted by Gasteiger charge is -2.13. The third-order valence-electron chi connectivity index (χ3n) is 3.47. The molecule has 7 nitrogen and oxygen atoms in total. The maximum atomic E-state index is 12.6. The standard InChI is InChI=1S/C17H16N4O3S2/c1-11-16(15-10-19-17(25-15)20-12(2)22)14(8-9-18-11)21-26(23,24)13-6-4-3-5-7-13/h3-10H,1-2H3,(H,18,21)(H,19,20,22). The van der Waals surface area contributed by atoms with Gasteiger partial charge < -0.3 is 5.32 Å². The van der Waals surface area contributed by atoms with Gasteiger partial charge in [-0.25, -0.2) is 13.4 Å². The lowest BCUT2D eigenvalue weighted by Crippen LogP contribution is -2.14. The number of amides is 1. The number of carbonyl (C=O) groups is 1. The van der Waals surface area contributed by atoms with E-state index in [9.17, 15) is 13.2 Å². The van der Waals surface area contributed by atoms with Gasteiger partial charge >= 0.3 is 0 Å². The molecule has 0 fully saturated rings. The summed E-state index contributed by atoms with van der Waals surface area (Å²) in [6.07, 6.45) is 3.12. The number of hydrogen-bond donors (Lipinski definition) is 2. The van der Waals surface area contributed by atoms with E-state index in [0.717, 1.165) is 0 Å². The summed E-state index contributed by atoms with van der Waals surface area (Å²) in [7, 11) is -3.74. The maximum Gasteiger partial charge on any atom is 0.261 e. The van der Waals surface area contributed by atoms with Crippen molar-refractivity contribution in [3.8, 4) is 10.4 Å². The molecule has 0 spiro atoms. The van der Waals surface area contributed by atoms with Gasteiger partial charge in [0.25, 0.3) is 10.0 Å². The number of aryl methyl sites for hydroxylation is 1. The van der Waals surface area contributed by atoms with E-state index in [0.29, 0.717) is 27.0 Å². The zero-order chi connectivity index (χ0) is 18.7. The Bertz CT molecular complexity index is 1050. The quantitative estimate of drug-likeness (QED) is 0.698. The Balaban J connectivity index is 2.01. The van der Waals surface area contributed by atoms with E-state index < -0.39 is 10.0 Å². The summed E-state index contributed by atoms with van der Waals surface area (Å²) in [5, 5.41) is 3.05. The summed E-state index contributed by atoms with van der Waals surface area (Å²) in [4.78, 5) is 20.5. The molecule has 2 aromatic heterocycles. The Morgan fingerprint density at radius 2 is 1.85 bits per heavy atom. The first-order valence-corrected chi connectivity index (χ1v) is 9.94. The number of hydrogen-bond acceptors (Lipinski definition) is 6. The number of nitrogens with zero attached hydrogens (tertiary/aromatic N) is 2. The van der Waals surface area contributed by atoms with Crippen molar-refractivity contribution in [1.29, 1.82) is 0 Å². The predicted molar refractivity (Wildman–Crippen MR) is 102 cm³/mol. The minimum Gasteiger partial charge on any atom is -0.302 e. The van der Waals surface area contributed by atoms with Gasteiger partial charge in [0.1, 0.15) is 0 Å². The second-order valence-corrected chi connectivity index (χ2v) is 8.16. The second kappa shape index (κ2) is 7.22. The van der Waals surface area contributed by atoms with Crippen molar-refractivity contribution in [1.82, 2.24) is 9.97 Å². The number of carbonyl (C=O) groups excluding carboxylic acids is 1. The smallest absolute Gasteiger partial charge is 0.261 e. The maximum absolute atomic E-state index is 12.6. The summed E-state index contributed by atoms with van der Waals surface area (Å²) in [5.74, 6) is -0.223. The average Bonchev–Trinajstić information content (AvgIpc) is 3.02. The number of aromatic nitrogens is 2. The van der Waals surface area contributed by atoms with Crippen LogP contribution in [0.5, 0.6) is 0 Å². The molecule has 9 heteroatoms. The van der Waals surface area contributed by atoms with Crippen molar-refractivity contribution in [2.45, 2.75) is 18.7 Å². The van der Waals surface area contributed by atoms with Crippen LogP contribution in [0.1, 0.15) is 12.6 Å². The Morgan fingerprint density at radius 1 is 1.12 bits per heavy atom. The molecule has 3 rings (SSSR count). The van der Waals surface area contributed by atoms with E-state index in [2.05, 4.69) is 20.0 Å². The summed E-state index contributed by atoms with van der Waals surface area (Å²) < 4.78 is 27.9. The van der Waals surface area contributed by atoms with Crippen LogP contribution in [-0.2, 0) is 14.8 Å². The van der Waals surface area contributed by atoms with Crippen LogP contribution >= 0.6 is 11.3 Å². The van der Waals surface area contributed by atoms with Crippen LogP contribution in [0, 0.1) is 6.92 Å². The van der Waals surface area contributed by atoms with Crippen molar-refractivity contribution in [2.75, 3.05) is 10.0 Å². The monoisotopic (exact) mass is 388 g/mol. The number of nitrogens with one attached hydrogen (secondary N) is 2. The highest BCUT2D eigenvalue weighted by Gasteiger charge is 2.19. The second-order valence-electron chi connectivity index (χ2n) is 5.45. The third-order valence-corrected chi connectivity index (χ3v) is 5.79. The summed E-state index contributed by atoms with van der Waals surface area (Å²) in [5.41, 5.74) is 1.68. The molecule has 0 aliphatic heterocycles. The highest BCUT2D eigenvalue weighted by Crippen LogP contribution is 2.36. The fraction of sp³-hybridized carbons (Fsp3) is 0.118. The van der Waals surface area contributed by atoms with Gasteiger partial charge in [-0.2, -0.15) is 0 Å². The Morgan fingerprint density at radius 3 is 2.54 bits per heavy atom. The summed E-state index contributed by atoms with van der Waals surface area (Å²) >= 11 is 1.25. The average molecular weight is 388 g/mol. The molecule has 0 atom stereocenters. The van der Waals surface area contributed by atoms with Gasteiger partial charge in [0.15, 0.2) is 5.13 Å². The first kappa shape index (κ1) is 18.0. The molecule has 0 aliphatic rings. The third kappa shape index (κ3) is 3.89. The SMILES string of the molecule is CC(=O)Nc1ncc(-c2c(NS(=O)(=O)c3ccccc3)ccnc2C)s1. The zero-order valence-electron chi connectivity index (χ0n) is 14.1. The molecule has 0 saturated carbocycles. The molecule has 26 heavy (non-hydrogen) atoms. The molecule has 0 unspecified atom stereocenters. The van der Waals surface area contributed by atoms with Crippen molar-refractivity contribution in [2.24, 2.45) is 0 Å². The van der Waals surface area contributed by atoms with Crippen LogP contribution < -0.4 is 10.0 Å². The van der Waals surface area contributed by atoms with Crippen LogP contribution in [0.4, 0.5) is 10.8 Å². The molecule has 0 bridgehead atoms. The number of pyridine rings is 1. The van der Waals surface area contributed by atoms with Gasteiger partial charge in [0.05, 0.1) is 15.5 Å². The number of benzene rings is 1. The van der Waals surface area contributed by atoms with Crippen LogP contribution in [0.25, 0.3) is 10.4 Å². The number of sulfonamides is 1. The molecule has 1 amide bonds. The summed E-state index contributed by atoms with van der Waals surface area (Å²) in [6, 6.07) is 9.73. The molecule has 134 valence electrons. The van der Waals surface area contributed by atoms with Gasteiger partial charge in [0.2, 0.25) is 5.91 Å². The molecule has 0 aliphatic carbocycles. The fourth-order valence-electron chi connectivity index (χ4n) is 2.36. The van der Waals surface area contributed by atoms with E-state index in [-0.39, 0.29) is 10.8 Å². The Labute approximate surface area is 155 Å². The van der Waals surface area contributed by atoms with Crippen molar-refractivity contribution >= 4 is 38.1 Å². The van der Waals surface area contributed by atoms with E-state index >= 15 is 0 Å². The van der Waals surface area contributed by atoms with Crippen molar-refractivity contribution in [3.05, 3.63) is 54.5 Å². The molecular formula is C17H16N4O3S2. The number of anilines is 2. The number of thiazole rings is 1. The molecule has 2 heterocycles. The largest absolute Gasteiger partial charge is 0.302 e.